The minimum atomic E-state index is -0.610. The number of anilines is 2. The molecule has 1 aromatic heterocycles. The number of nitrogens with two attached hydrogens (primary N) is 1. The van der Waals surface area contributed by atoms with Gasteiger partial charge in [-0.15, -0.1) is 0 Å². The SMILES string of the molecule is CCCCn1c(N)c(N(CC)C(=O)CN(C)C2CCCCC2)c(=O)[nH]c1=O. The summed E-state index contributed by atoms with van der Waals surface area (Å²) in [6.07, 6.45) is 7.49. The number of likely N-dealkylation sites (N-methyl/N-ethyl adjacent to an activating group) is 2. The Balaban J connectivity index is 2.26. The highest BCUT2D eigenvalue weighted by Crippen LogP contribution is 2.22. The monoisotopic (exact) mass is 379 g/mol. The molecule has 1 aliphatic carbocycles. The normalized spacial score (nSPS) is 15.3. The lowest BCUT2D eigenvalue weighted by molar-refractivity contribution is -0.120. The number of carbonyl (C=O) groups is 1. The van der Waals surface area contributed by atoms with Crippen molar-refractivity contribution in [1.82, 2.24) is 14.5 Å². The van der Waals surface area contributed by atoms with Gasteiger partial charge in [-0.05, 0) is 33.2 Å². The summed E-state index contributed by atoms with van der Waals surface area (Å²) in [4.78, 5) is 43.2. The van der Waals surface area contributed by atoms with Crippen LogP contribution < -0.4 is 21.9 Å². The first-order valence-electron chi connectivity index (χ1n) is 10.0. The largest absolute Gasteiger partial charge is 0.383 e. The van der Waals surface area contributed by atoms with Gasteiger partial charge in [0.1, 0.15) is 5.82 Å². The van der Waals surface area contributed by atoms with Gasteiger partial charge in [-0.3, -0.25) is 24.0 Å². The number of rotatable bonds is 8. The third kappa shape index (κ3) is 5.00. The van der Waals surface area contributed by atoms with Gasteiger partial charge in [-0.1, -0.05) is 32.6 Å². The summed E-state index contributed by atoms with van der Waals surface area (Å²) in [7, 11) is 1.96. The molecule has 1 fully saturated rings. The first-order chi connectivity index (χ1) is 12.9. The molecule has 8 nitrogen and oxygen atoms in total. The molecule has 3 N–H and O–H groups in total. The van der Waals surface area contributed by atoms with Crippen LogP contribution in [0.4, 0.5) is 11.5 Å². The number of aromatic amines is 1. The van der Waals surface area contributed by atoms with E-state index in [4.69, 9.17) is 5.73 Å². The molecule has 0 spiro atoms. The Labute approximate surface area is 160 Å². The Morgan fingerprint density at radius 1 is 1.22 bits per heavy atom. The van der Waals surface area contributed by atoms with Crippen LogP contribution in [-0.2, 0) is 11.3 Å². The number of unbranched alkanes of at least 4 members (excludes halogenated alkanes) is 1. The zero-order valence-corrected chi connectivity index (χ0v) is 16.8. The number of hydrogen-bond acceptors (Lipinski definition) is 5. The molecule has 0 bridgehead atoms. The minimum absolute atomic E-state index is 0.0627. The second kappa shape index (κ2) is 9.73. The van der Waals surface area contributed by atoms with Crippen molar-refractivity contribution >= 4 is 17.4 Å². The summed E-state index contributed by atoms with van der Waals surface area (Å²) in [5, 5.41) is 0. The lowest BCUT2D eigenvalue weighted by Gasteiger charge is -2.32. The summed E-state index contributed by atoms with van der Waals surface area (Å²) in [6.45, 7) is 4.77. The van der Waals surface area contributed by atoms with E-state index in [9.17, 15) is 14.4 Å². The highest BCUT2D eigenvalue weighted by molar-refractivity contribution is 5.96. The Morgan fingerprint density at radius 2 is 1.89 bits per heavy atom. The molecule has 27 heavy (non-hydrogen) atoms. The van der Waals surface area contributed by atoms with Crippen LogP contribution in [0.25, 0.3) is 0 Å². The number of nitrogens with one attached hydrogen (secondary N) is 1. The topological polar surface area (TPSA) is 104 Å². The maximum absolute atomic E-state index is 12.9. The Bertz CT molecular complexity index is 749. The van der Waals surface area contributed by atoms with Gasteiger partial charge < -0.3 is 10.6 Å². The number of nitrogen functional groups attached to an aromatic ring is 1. The first-order valence-corrected chi connectivity index (χ1v) is 10.0. The van der Waals surface area contributed by atoms with Crippen LogP contribution >= 0.6 is 0 Å². The average molecular weight is 380 g/mol. The van der Waals surface area contributed by atoms with Crippen molar-refractivity contribution in [3.8, 4) is 0 Å². The Kier molecular flexibility index (Phi) is 7.65. The quantitative estimate of drug-likeness (QED) is 0.713. The molecule has 0 unspecified atom stereocenters. The predicted molar refractivity (Wildman–Crippen MR) is 108 cm³/mol. The molecular formula is C19H33N5O3. The van der Waals surface area contributed by atoms with Crippen molar-refractivity contribution < 1.29 is 4.79 Å². The summed E-state index contributed by atoms with van der Waals surface area (Å²) in [5.74, 6) is -0.115. The number of carbonyl (C=O) groups excluding carboxylic acids is 1. The molecule has 0 atom stereocenters. The summed E-state index contributed by atoms with van der Waals surface area (Å²) in [6, 6.07) is 0.399. The number of nitrogens with zero attached hydrogens (tertiary/aromatic N) is 3. The van der Waals surface area contributed by atoms with E-state index in [1.165, 1.54) is 28.7 Å². The van der Waals surface area contributed by atoms with Gasteiger partial charge in [0.25, 0.3) is 5.56 Å². The van der Waals surface area contributed by atoms with E-state index in [0.717, 1.165) is 25.7 Å². The van der Waals surface area contributed by atoms with Gasteiger partial charge in [0.2, 0.25) is 5.91 Å². The zero-order valence-electron chi connectivity index (χ0n) is 16.8. The molecule has 1 amide bonds. The van der Waals surface area contributed by atoms with Crippen molar-refractivity contribution in [2.75, 3.05) is 30.8 Å². The van der Waals surface area contributed by atoms with Gasteiger partial charge in [0.05, 0.1) is 6.54 Å². The van der Waals surface area contributed by atoms with E-state index in [0.29, 0.717) is 19.1 Å². The maximum Gasteiger partial charge on any atom is 0.330 e. The van der Waals surface area contributed by atoms with Crippen LogP contribution in [-0.4, -0.2) is 46.5 Å². The van der Waals surface area contributed by atoms with Gasteiger partial charge in [0.15, 0.2) is 5.69 Å². The average Bonchev–Trinajstić information content (AvgIpc) is 2.65. The van der Waals surface area contributed by atoms with Crippen molar-refractivity contribution in [2.24, 2.45) is 0 Å². The van der Waals surface area contributed by atoms with Gasteiger partial charge >= 0.3 is 5.69 Å². The van der Waals surface area contributed by atoms with Crippen LogP contribution in [0.5, 0.6) is 0 Å². The van der Waals surface area contributed by atoms with E-state index in [1.54, 1.807) is 6.92 Å². The Morgan fingerprint density at radius 3 is 2.48 bits per heavy atom. The summed E-state index contributed by atoms with van der Waals surface area (Å²) >= 11 is 0. The summed E-state index contributed by atoms with van der Waals surface area (Å²) in [5.41, 5.74) is 5.09. The molecule has 1 aliphatic rings. The third-order valence-corrected chi connectivity index (χ3v) is 5.42. The second-order valence-corrected chi connectivity index (χ2v) is 7.34. The molecule has 8 heteroatoms. The van der Waals surface area contributed by atoms with Crippen LogP contribution in [0.15, 0.2) is 9.59 Å². The molecular weight excluding hydrogens is 346 g/mol. The molecule has 2 rings (SSSR count). The van der Waals surface area contributed by atoms with Gasteiger partial charge in [-0.25, -0.2) is 4.79 Å². The van der Waals surface area contributed by atoms with E-state index < -0.39 is 11.2 Å². The number of aromatic nitrogens is 2. The van der Waals surface area contributed by atoms with Crippen molar-refractivity contribution in [3.63, 3.8) is 0 Å². The van der Waals surface area contributed by atoms with Gasteiger partial charge in [0, 0.05) is 19.1 Å². The smallest absolute Gasteiger partial charge is 0.330 e. The summed E-state index contributed by atoms with van der Waals surface area (Å²) < 4.78 is 1.35. The zero-order chi connectivity index (χ0) is 20.0. The van der Waals surface area contributed by atoms with Gasteiger partial charge in [-0.2, -0.15) is 0 Å². The molecule has 1 saturated carbocycles. The maximum atomic E-state index is 12.9. The number of amides is 1. The van der Waals surface area contributed by atoms with Crippen LogP contribution in [0.3, 0.4) is 0 Å². The molecule has 0 saturated heterocycles. The molecule has 0 aromatic carbocycles. The van der Waals surface area contributed by atoms with E-state index in [-0.39, 0.29) is 24.0 Å². The molecule has 1 heterocycles. The molecule has 0 radical (unpaired) electrons. The lowest BCUT2D eigenvalue weighted by Crippen LogP contribution is -2.46. The fourth-order valence-electron chi connectivity index (χ4n) is 3.79. The molecule has 152 valence electrons. The van der Waals surface area contributed by atoms with E-state index >= 15 is 0 Å². The molecule has 1 aromatic rings. The highest BCUT2D eigenvalue weighted by Gasteiger charge is 2.26. The van der Waals surface area contributed by atoms with Crippen LogP contribution in [0, 0.1) is 0 Å². The molecule has 0 aliphatic heterocycles. The first kappa shape index (κ1) is 21.2. The lowest BCUT2D eigenvalue weighted by atomic mass is 9.94. The van der Waals surface area contributed by atoms with Crippen molar-refractivity contribution in [3.05, 3.63) is 20.8 Å². The van der Waals surface area contributed by atoms with E-state index in [2.05, 4.69) is 9.88 Å². The van der Waals surface area contributed by atoms with E-state index in [1.807, 2.05) is 14.0 Å². The fourth-order valence-corrected chi connectivity index (χ4v) is 3.79. The fraction of sp³-hybridized carbons (Fsp3) is 0.737. The van der Waals surface area contributed by atoms with Crippen molar-refractivity contribution in [1.29, 1.82) is 0 Å². The second-order valence-electron chi connectivity index (χ2n) is 7.34. The standard InChI is InChI=1S/C19H33N5O3/c1-4-6-12-24-17(20)16(18(26)21-19(24)27)23(5-2)15(25)13-22(3)14-10-8-7-9-11-14/h14H,4-13,20H2,1-3H3,(H,21,26,27). The van der Waals surface area contributed by atoms with Crippen molar-refractivity contribution in [2.45, 2.75) is 71.4 Å². The highest BCUT2D eigenvalue weighted by atomic mass is 16.2. The number of H-pyrrole nitrogens is 1. The van der Waals surface area contributed by atoms with Crippen LogP contribution in [0.1, 0.15) is 58.8 Å². The third-order valence-electron chi connectivity index (χ3n) is 5.42. The number of hydrogen-bond donors (Lipinski definition) is 2. The van der Waals surface area contributed by atoms with Crippen LogP contribution in [0.2, 0.25) is 0 Å². The predicted octanol–water partition coefficient (Wildman–Crippen LogP) is 1.54. The Hall–Kier alpha value is -2.09. The minimum Gasteiger partial charge on any atom is -0.383 e.